The van der Waals surface area contributed by atoms with Gasteiger partial charge in [-0.2, -0.15) is 0 Å². The van der Waals surface area contributed by atoms with Gasteiger partial charge in [0.2, 0.25) is 29.4 Å². The van der Waals surface area contributed by atoms with Crippen LogP contribution in [-0.2, 0) is 65.5 Å². The number of fused-ring (bicyclic) bond motifs is 4. The number of nitrogens with one attached hydrogen (secondary N) is 2. The summed E-state index contributed by atoms with van der Waals surface area (Å²) in [6.07, 6.45) is 5.85. The lowest BCUT2D eigenvalue weighted by Gasteiger charge is -2.36. The molecule has 2 N–H and O–H groups in total. The molecule has 476 valence electrons. The molecule has 0 aromatic heterocycles. The van der Waals surface area contributed by atoms with Gasteiger partial charge < -0.3 is 53.9 Å². The van der Waals surface area contributed by atoms with Crippen molar-refractivity contribution in [2.24, 2.45) is 5.41 Å². The van der Waals surface area contributed by atoms with Crippen molar-refractivity contribution in [2.45, 2.75) is 154 Å². The fraction of sp³-hybridized carbons (Fsp3) is 0.515. The number of amides is 6. The molecule has 2 aliphatic rings. The number of benzene rings is 4. The third-order valence-corrected chi connectivity index (χ3v) is 16.3. The van der Waals surface area contributed by atoms with Gasteiger partial charge in [-0.25, -0.2) is 4.79 Å². The van der Waals surface area contributed by atoms with Crippen molar-refractivity contribution >= 4 is 63.8 Å². The Bertz CT molecular complexity index is 3150. The molecular formula is C68H90N6O14. The number of hydrogen-bond donors (Lipinski definition) is 2. The number of hydrogen-bond acceptors (Lipinski definition) is 14. The second-order valence-electron chi connectivity index (χ2n) is 24.4. The zero-order valence-corrected chi connectivity index (χ0v) is 53.1. The SMILES string of the molecule is CCCC[C@H]1C(=O)N[C@@H](Cc2ccc3ccccc3c2)C(=O)N(C)[C@@H](COC(C)(C)C)C(=O)NCC(=O)N(C)CCC=CC(=O)CCC(C)(C)C(=O)C(=O)N2CCCC[C@H]2C(=O)O[C@H](CCc2ccc(OC)c(OC)c2)c2cccc(c2)OCC(=O)N1C. The zero-order chi connectivity index (χ0) is 64.3. The highest BCUT2D eigenvalue weighted by Gasteiger charge is 2.42. The molecule has 0 radical (unpaired) electrons. The van der Waals surface area contributed by atoms with E-state index in [1.54, 1.807) is 78.1 Å². The van der Waals surface area contributed by atoms with Crippen LogP contribution in [-0.4, -0.2) is 171 Å². The Hall–Kier alpha value is -8.13. The molecule has 5 atom stereocenters. The predicted molar refractivity (Wildman–Crippen MR) is 333 cm³/mol. The molecule has 0 spiro atoms. The van der Waals surface area contributed by atoms with Crippen molar-refractivity contribution in [2.75, 3.05) is 68.2 Å². The number of carbonyl (C=O) groups excluding carboxylic acids is 9. The van der Waals surface area contributed by atoms with Crippen LogP contribution < -0.4 is 24.8 Å². The number of carbonyl (C=O) groups is 9. The van der Waals surface area contributed by atoms with Crippen LogP contribution in [0.2, 0.25) is 0 Å². The van der Waals surface area contributed by atoms with Crippen LogP contribution in [0.25, 0.3) is 10.8 Å². The molecule has 1 fully saturated rings. The monoisotopic (exact) mass is 1210 g/mol. The first kappa shape index (κ1) is 69.0. The van der Waals surface area contributed by atoms with E-state index < -0.39 is 102 Å². The van der Waals surface area contributed by atoms with Gasteiger partial charge in [0.05, 0.1) is 33.0 Å². The summed E-state index contributed by atoms with van der Waals surface area (Å²) in [6.45, 7) is 9.68. The Balaban J connectivity index is 1.35. The molecule has 20 nitrogen and oxygen atoms in total. The molecule has 0 unspecified atom stereocenters. The van der Waals surface area contributed by atoms with Gasteiger partial charge in [0.1, 0.15) is 36.0 Å². The number of Topliss-reactive ketones (excluding diaryl/α,β-unsaturated/α-hetero) is 1. The molecule has 6 amide bonds. The molecule has 4 aromatic carbocycles. The standard InChI is InChI=1S/C68H90N6O14/c1-12-13-26-53-63(80)70-52(39-46-28-31-47-21-14-15-22-48(47)38-46)64(81)73(9)55(43-87-67(2,3)4)62(79)69-42-59(76)71(7)36-18-16-24-50(75)34-35-68(5,6)61(78)65(82)74-37-19-17-27-54(74)66(83)88-56(32-29-45-30-33-57(84-10)58(40-45)85-11)49-23-20-25-51(41-49)86-44-60(77)72(53)8/h14-16,20-25,28,30-31,33,38,40-41,52-56H,12-13,17-19,26-27,29,32,34-37,39,42-44H2,1-11H3,(H,69,79)(H,70,80)/t52-,53-,54-,55-,56+/m0/s1. The van der Waals surface area contributed by atoms with Crippen molar-refractivity contribution in [3.05, 3.63) is 114 Å². The maximum Gasteiger partial charge on any atom is 0.329 e. The van der Waals surface area contributed by atoms with E-state index in [2.05, 4.69) is 10.6 Å². The first-order valence-corrected chi connectivity index (χ1v) is 30.5. The van der Waals surface area contributed by atoms with Crippen molar-refractivity contribution in [1.82, 2.24) is 30.2 Å². The van der Waals surface area contributed by atoms with Crippen LogP contribution in [0, 0.1) is 5.41 Å². The van der Waals surface area contributed by atoms with E-state index in [4.69, 9.17) is 23.7 Å². The van der Waals surface area contributed by atoms with E-state index in [0.717, 1.165) is 16.3 Å². The van der Waals surface area contributed by atoms with Gasteiger partial charge in [-0.1, -0.05) is 100 Å². The summed E-state index contributed by atoms with van der Waals surface area (Å²) >= 11 is 0. The number of nitrogens with zero attached hydrogens (tertiary/aromatic N) is 4. The van der Waals surface area contributed by atoms with Crippen LogP contribution in [0.1, 0.15) is 129 Å². The number of ether oxygens (including phenoxy) is 5. The van der Waals surface area contributed by atoms with Crippen LogP contribution in [0.3, 0.4) is 0 Å². The van der Waals surface area contributed by atoms with Gasteiger partial charge in [0.15, 0.2) is 23.9 Å². The lowest BCUT2D eigenvalue weighted by Crippen LogP contribution is -2.59. The minimum atomic E-state index is -1.28. The summed E-state index contributed by atoms with van der Waals surface area (Å²) in [5.74, 6) is -4.20. The zero-order valence-electron chi connectivity index (χ0n) is 53.1. The van der Waals surface area contributed by atoms with Gasteiger partial charge in [-0.3, -0.25) is 38.4 Å². The number of esters is 1. The van der Waals surface area contributed by atoms with Crippen molar-refractivity contribution in [3.8, 4) is 17.2 Å². The predicted octanol–water partition coefficient (Wildman–Crippen LogP) is 7.70. The Morgan fingerprint density at radius 2 is 1.47 bits per heavy atom. The third kappa shape index (κ3) is 19.4. The van der Waals surface area contributed by atoms with Crippen LogP contribution >= 0.6 is 0 Å². The molecule has 2 heterocycles. The van der Waals surface area contributed by atoms with Crippen molar-refractivity contribution < 1.29 is 66.8 Å². The molecule has 0 aliphatic carbocycles. The maximum atomic E-state index is 15.1. The molecule has 1 saturated heterocycles. The van der Waals surface area contributed by atoms with Gasteiger partial charge in [0.25, 0.3) is 11.8 Å². The fourth-order valence-electron chi connectivity index (χ4n) is 10.6. The molecule has 2 bridgehead atoms. The lowest BCUT2D eigenvalue weighted by atomic mass is 9.81. The second-order valence-corrected chi connectivity index (χ2v) is 24.4. The van der Waals surface area contributed by atoms with E-state index in [1.807, 2.05) is 61.5 Å². The van der Waals surface area contributed by atoms with E-state index in [-0.39, 0.29) is 76.2 Å². The fourth-order valence-corrected chi connectivity index (χ4v) is 10.6. The van der Waals surface area contributed by atoms with Gasteiger partial charge in [-0.05, 0) is 130 Å². The Labute approximate surface area is 517 Å². The minimum absolute atomic E-state index is 0.00837. The number of piperidine rings is 1. The van der Waals surface area contributed by atoms with Crippen molar-refractivity contribution in [1.29, 1.82) is 0 Å². The summed E-state index contributed by atoms with van der Waals surface area (Å²) in [4.78, 5) is 133. The highest BCUT2D eigenvalue weighted by atomic mass is 16.5. The van der Waals surface area contributed by atoms with E-state index in [1.165, 1.54) is 54.0 Å². The summed E-state index contributed by atoms with van der Waals surface area (Å²) in [5.41, 5.74) is 0.0621. The number of methoxy groups -OCH3 is 2. The number of allylic oxidation sites excluding steroid dienone is 1. The summed E-state index contributed by atoms with van der Waals surface area (Å²) in [5, 5.41) is 7.54. The van der Waals surface area contributed by atoms with E-state index >= 15 is 4.79 Å². The second kappa shape index (κ2) is 32.2. The Kier molecular flexibility index (Phi) is 25.2. The average Bonchev–Trinajstić information content (AvgIpc) is 1.42. The van der Waals surface area contributed by atoms with Gasteiger partial charge >= 0.3 is 5.97 Å². The summed E-state index contributed by atoms with van der Waals surface area (Å²) in [6, 6.07) is 21.0. The number of rotatable bonds is 12. The Morgan fingerprint density at radius 1 is 0.739 bits per heavy atom. The molecule has 20 heteroatoms. The minimum Gasteiger partial charge on any atom is -0.493 e. The van der Waals surface area contributed by atoms with Crippen LogP contribution in [0.5, 0.6) is 17.2 Å². The molecule has 2 aliphatic heterocycles. The molecule has 0 saturated carbocycles. The molecule has 4 aromatic rings. The molecular weight excluding hydrogens is 1120 g/mol. The first-order valence-electron chi connectivity index (χ1n) is 30.5. The first-order chi connectivity index (χ1) is 41.8. The van der Waals surface area contributed by atoms with Gasteiger partial charge in [0, 0.05) is 52.5 Å². The van der Waals surface area contributed by atoms with E-state index in [9.17, 15) is 38.4 Å². The topological polar surface area (TPSA) is 237 Å². The summed E-state index contributed by atoms with van der Waals surface area (Å²) < 4.78 is 29.7. The summed E-state index contributed by atoms with van der Waals surface area (Å²) in [7, 11) is 7.57. The Morgan fingerprint density at radius 3 is 2.18 bits per heavy atom. The highest BCUT2D eigenvalue weighted by molar-refractivity contribution is 6.38. The number of ketones is 2. The van der Waals surface area contributed by atoms with Crippen molar-refractivity contribution in [3.63, 3.8) is 0 Å². The lowest BCUT2D eigenvalue weighted by molar-refractivity contribution is -0.164. The number of unbranched alkanes of at least 4 members (excludes halogenated alkanes) is 1. The van der Waals surface area contributed by atoms with Crippen LogP contribution in [0.15, 0.2) is 97.1 Å². The molecule has 6 rings (SSSR count). The maximum absolute atomic E-state index is 15.1. The smallest absolute Gasteiger partial charge is 0.329 e. The van der Waals surface area contributed by atoms with Gasteiger partial charge in [-0.15, -0.1) is 0 Å². The highest BCUT2D eigenvalue weighted by Crippen LogP contribution is 2.34. The third-order valence-electron chi connectivity index (χ3n) is 16.3. The average molecular weight is 1220 g/mol. The van der Waals surface area contributed by atoms with E-state index in [0.29, 0.717) is 54.7 Å². The number of aryl methyl sites for hydroxylation is 1. The molecule has 88 heavy (non-hydrogen) atoms. The number of cyclic esters (lactones) is 1. The quantitative estimate of drug-likeness (QED) is 0.102. The number of likely N-dealkylation sites (N-methyl/N-ethyl adjacent to an activating group) is 3. The normalized spacial score (nSPS) is 21.7. The van der Waals surface area contributed by atoms with Crippen LogP contribution in [0.4, 0.5) is 0 Å². The largest absolute Gasteiger partial charge is 0.493 e.